The van der Waals surface area contributed by atoms with Gasteiger partial charge in [-0.2, -0.15) is 0 Å². The number of aliphatic hydroxyl groups excluding tert-OH is 2. The summed E-state index contributed by atoms with van der Waals surface area (Å²) >= 11 is 0. The summed E-state index contributed by atoms with van der Waals surface area (Å²) in [6.45, 7) is 4.08. The van der Waals surface area contributed by atoms with Crippen LogP contribution in [0.15, 0.2) is 85.1 Å². The maximum atomic E-state index is 13.0. The molecule has 0 spiro atoms. The molecule has 0 saturated heterocycles. The molecule has 0 fully saturated rings. The van der Waals surface area contributed by atoms with Gasteiger partial charge in [0.05, 0.1) is 39.9 Å². The topological polar surface area (TPSA) is 128 Å². The van der Waals surface area contributed by atoms with E-state index in [1.165, 1.54) is 109 Å². The molecule has 400 valence electrons. The third-order valence-electron chi connectivity index (χ3n) is 12.3. The molecule has 0 radical (unpaired) electrons. The fourth-order valence-electron chi connectivity index (χ4n) is 7.87. The number of aliphatic hydroxyl groups is 2. The molecule has 4 unspecified atom stereocenters. The van der Waals surface area contributed by atoms with Crippen LogP contribution in [0, 0.1) is 0 Å². The molecule has 9 nitrogen and oxygen atoms in total. The third-order valence-corrected chi connectivity index (χ3v) is 13.2. The van der Waals surface area contributed by atoms with Crippen molar-refractivity contribution >= 4 is 13.7 Å². The van der Waals surface area contributed by atoms with Gasteiger partial charge in [-0.05, 0) is 96.8 Å². The summed E-state index contributed by atoms with van der Waals surface area (Å²) < 4.78 is 23.2. The van der Waals surface area contributed by atoms with E-state index in [0.717, 1.165) is 77.0 Å². The molecule has 0 aromatic heterocycles. The SMILES string of the molecule is C/C=C/CC/C=C/CC/C=C/CCCC(O)C(O)C(COP(=O)([O-])OCC[N+](C)(C)C)NC(=O)CCCCCCCCCCCCCCCCCCCCCC/C=C\C/C=C\C/C=C\C/C=C\CC. The molecular formula is C59H107N2O7P. The largest absolute Gasteiger partial charge is 0.756 e. The number of phosphoric ester groups is 1. The third kappa shape index (κ3) is 50.4. The molecule has 4 atom stereocenters. The molecule has 10 heteroatoms. The van der Waals surface area contributed by atoms with Crippen molar-refractivity contribution in [3.8, 4) is 0 Å². The van der Waals surface area contributed by atoms with Gasteiger partial charge < -0.3 is 34.0 Å². The number of nitrogens with one attached hydrogen (secondary N) is 1. The van der Waals surface area contributed by atoms with Crippen molar-refractivity contribution in [1.29, 1.82) is 0 Å². The van der Waals surface area contributed by atoms with Gasteiger partial charge in [-0.3, -0.25) is 9.36 Å². The van der Waals surface area contributed by atoms with Crippen LogP contribution < -0.4 is 10.2 Å². The van der Waals surface area contributed by atoms with Gasteiger partial charge in [0, 0.05) is 6.42 Å². The van der Waals surface area contributed by atoms with Crippen LogP contribution in [0.4, 0.5) is 0 Å². The predicted octanol–water partition coefficient (Wildman–Crippen LogP) is 15.2. The highest BCUT2D eigenvalue weighted by atomic mass is 31.2. The van der Waals surface area contributed by atoms with Crippen LogP contribution in [0.5, 0.6) is 0 Å². The lowest BCUT2D eigenvalue weighted by molar-refractivity contribution is -0.870. The Labute approximate surface area is 425 Å². The molecule has 1 amide bonds. The Morgan fingerprint density at radius 3 is 1.41 bits per heavy atom. The smallest absolute Gasteiger partial charge is 0.268 e. The quantitative estimate of drug-likeness (QED) is 0.0240. The average Bonchev–Trinajstić information content (AvgIpc) is 3.31. The van der Waals surface area contributed by atoms with E-state index in [2.05, 4.69) is 97.3 Å². The Morgan fingerprint density at radius 1 is 0.551 bits per heavy atom. The summed E-state index contributed by atoms with van der Waals surface area (Å²) in [5.41, 5.74) is 0. The van der Waals surface area contributed by atoms with Crippen LogP contribution in [0.2, 0.25) is 0 Å². The average molecular weight is 987 g/mol. The van der Waals surface area contributed by atoms with Crippen molar-refractivity contribution in [2.24, 2.45) is 0 Å². The molecule has 0 aromatic carbocycles. The first-order valence-corrected chi connectivity index (χ1v) is 29.4. The highest BCUT2D eigenvalue weighted by Gasteiger charge is 2.29. The molecule has 0 aromatic rings. The Hall–Kier alpha value is -2.36. The number of allylic oxidation sites excluding steroid dienone is 14. The number of quaternary nitrogens is 1. The molecule has 0 aliphatic rings. The molecule has 0 aliphatic carbocycles. The van der Waals surface area contributed by atoms with Gasteiger partial charge >= 0.3 is 0 Å². The maximum absolute atomic E-state index is 13.0. The Kier molecular flexibility index (Phi) is 47.5. The number of amides is 1. The highest BCUT2D eigenvalue weighted by Crippen LogP contribution is 2.38. The van der Waals surface area contributed by atoms with Crippen molar-refractivity contribution in [2.45, 2.75) is 244 Å². The number of phosphoric acid groups is 1. The lowest BCUT2D eigenvalue weighted by Crippen LogP contribution is -2.51. The summed E-state index contributed by atoms with van der Waals surface area (Å²) in [7, 11) is 1.09. The first-order valence-electron chi connectivity index (χ1n) is 28.0. The maximum Gasteiger partial charge on any atom is 0.268 e. The van der Waals surface area contributed by atoms with Gasteiger partial charge in [0.1, 0.15) is 19.3 Å². The number of carbonyl (C=O) groups excluding carboxylic acids is 1. The van der Waals surface area contributed by atoms with E-state index >= 15 is 0 Å². The second-order valence-electron chi connectivity index (χ2n) is 20.0. The van der Waals surface area contributed by atoms with E-state index in [4.69, 9.17) is 9.05 Å². The van der Waals surface area contributed by atoms with Gasteiger partial charge in [0.2, 0.25) is 5.91 Å². The molecule has 0 saturated carbocycles. The Bertz CT molecular complexity index is 1420. The number of carbonyl (C=O) groups is 1. The molecule has 3 N–H and O–H groups in total. The van der Waals surface area contributed by atoms with Gasteiger partial charge in [0.15, 0.2) is 0 Å². The fraction of sp³-hybridized carbons (Fsp3) is 0.746. The van der Waals surface area contributed by atoms with Crippen molar-refractivity contribution in [3.63, 3.8) is 0 Å². The normalized spacial score (nSPS) is 15.1. The van der Waals surface area contributed by atoms with Gasteiger partial charge in [-0.1, -0.05) is 208 Å². The number of hydrogen-bond donors (Lipinski definition) is 3. The van der Waals surface area contributed by atoms with Crippen LogP contribution in [-0.4, -0.2) is 79.8 Å². The van der Waals surface area contributed by atoms with E-state index in [1.54, 1.807) is 0 Å². The van der Waals surface area contributed by atoms with Crippen LogP contribution in [0.3, 0.4) is 0 Å². The minimum absolute atomic E-state index is 0.0522. The summed E-state index contributed by atoms with van der Waals surface area (Å²) in [4.78, 5) is 25.5. The van der Waals surface area contributed by atoms with Gasteiger partial charge in [-0.25, -0.2) is 0 Å². The number of nitrogens with zero attached hydrogens (tertiary/aromatic N) is 1. The molecule has 0 bridgehead atoms. The van der Waals surface area contributed by atoms with Crippen molar-refractivity contribution in [2.75, 3.05) is 40.9 Å². The van der Waals surface area contributed by atoms with Crippen molar-refractivity contribution < 1.29 is 38.0 Å². The lowest BCUT2D eigenvalue weighted by atomic mass is 10.0. The van der Waals surface area contributed by atoms with E-state index in [9.17, 15) is 24.5 Å². The standard InChI is InChI=1S/C59H107N2O7P/c1-6-8-10-12-14-16-18-20-21-22-23-24-25-26-27-28-29-30-31-32-33-34-35-36-37-38-39-40-42-44-46-48-50-52-58(63)60-56(55-68-69(65,66)67-54-53-61(3,4)5)59(64)57(62)51-49-47-45-43-41-19-17-15-13-11-9-7-2/h7-10,14-17,20-21,23-24,43,45,56-57,59,62,64H,6,11-13,18-19,22,25-42,44,46-55H2,1-5H3,(H-,60,63,65,66)/b9-7+,10-8-,16-14-,17-15+,21-20-,24-23-,45-43+. The molecule has 0 heterocycles. The van der Waals surface area contributed by atoms with Crippen LogP contribution in [0.25, 0.3) is 0 Å². The summed E-state index contributed by atoms with van der Waals surface area (Å²) in [6, 6.07) is -1.10. The minimum atomic E-state index is -4.69. The zero-order valence-corrected chi connectivity index (χ0v) is 46.0. The zero-order valence-electron chi connectivity index (χ0n) is 45.1. The van der Waals surface area contributed by atoms with Crippen LogP contribution >= 0.6 is 7.82 Å². The number of unbranched alkanes of at least 4 members (excludes halogenated alkanes) is 23. The first-order chi connectivity index (χ1) is 33.4. The number of likely N-dealkylation sites (N-methyl/N-ethyl adjacent to an activating group) is 1. The number of hydrogen-bond acceptors (Lipinski definition) is 7. The highest BCUT2D eigenvalue weighted by molar-refractivity contribution is 7.45. The molecule has 69 heavy (non-hydrogen) atoms. The van der Waals surface area contributed by atoms with E-state index in [-0.39, 0.29) is 18.9 Å². The zero-order chi connectivity index (χ0) is 50.8. The second kappa shape index (κ2) is 49.2. The van der Waals surface area contributed by atoms with Gasteiger partial charge in [0.25, 0.3) is 7.82 Å². The molecule has 0 aliphatic heterocycles. The minimum Gasteiger partial charge on any atom is -0.756 e. The van der Waals surface area contributed by atoms with Crippen molar-refractivity contribution in [1.82, 2.24) is 5.32 Å². The van der Waals surface area contributed by atoms with E-state index < -0.39 is 32.7 Å². The number of rotatable bonds is 50. The van der Waals surface area contributed by atoms with Crippen LogP contribution in [0.1, 0.15) is 226 Å². The summed E-state index contributed by atoms with van der Waals surface area (Å²) in [6.07, 6.45) is 65.3. The summed E-state index contributed by atoms with van der Waals surface area (Å²) in [5.74, 6) is -0.296. The van der Waals surface area contributed by atoms with E-state index in [1.807, 2.05) is 28.1 Å². The molecule has 0 rings (SSSR count). The van der Waals surface area contributed by atoms with Crippen LogP contribution in [-0.2, 0) is 18.4 Å². The van der Waals surface area contributed by atoms with E-state index in [0.29, 0.717) is 30.3 Å². The predicted molar refractivity (Wildman–Crippen MR) is 294 cm³/mol. The van der Waals surface area contributed by atoms with Crippen molar-refractivity contribution in [3.05, 3.63) is 85.1 Å². The Balaban J connectivity index is 4.10. The second-order valence-corrected chi connectivity index (χ2v) is 21.4. The Morgan fingerprint density at radius 2 is 0.942 bits per heavy atom. The monoisotopic (exact) mass is 987 g/mol. The first kappa shape index (κ1) is 66.6. The summed E-state index contributed by atoms with van der Waals surface area (Å²) in [5, 5.41) is 24.7. The van der Waals surface area contributed by atoms with Gasteiger partial charge in [-0.15, -0.1) is 0 Å². The molecular weight excluding hydrogens is 880 g/mol. The lowest BCUT2D eigenvalue weighted by Gasteiger charge is -2.31. The fourth-order valence-corrected chi connectivity index (χ4v) is 8.60.